The highest BCUT2D eigenvalue weighted by Crippen LogP contribution is 2.23. The summed E-state index contributed by atoms with van der Waals surface area (Å²) in [7, 11) is 0. The lowest BCUT2D eigenvalue weighted by atomic mass is 10.1. The van der Waals surface area contributed by atoms with Crippen LogP contribution >= 0.6 is 0 Å². The van der Waals surface area contributed by atoms with E-state index in [0.717, 1.165) is 11.3 Å². The average Bonchev–Trinajstić information content (AvgIpc) is 2.91. The number of carbonyl (C=O) groups excluding carboxylic acids is 2. The van der Waals surface area contributed by atoms with Gasteiger partial charge in [0, 0.05) is 25.1 Å². The number of amides is 1. The molecule has 0 unspecified atom stereocenters. The highest BCUT2D eigenvalue weighted by atomic mass is 16.5. The first-order valence-electron chi connectivity index (χ1n) is 7.05. The van der Waals surface area contributed by atoms with Crippen molar-refractivity contribution in [2.24, 2.45) is 0 Å². The summed E-state index contributed by atoms with van der Waals surface area (Å²) >= 11 is 0. The summed E-state index contributed by atoms with van der Waals surface area (Å²) in [6.45, 7) is 5.76. The summed E-state index contributed by atoms with van der Waals surface area (Å²) < 4.78 is 10.1. The van der Waals surface area contributed by atoms with Crippen LogP contribution in [0.4, 0.5) is 5.69 Å². The van der Waals surface area contributed by atoms with E-state index in [1.807, 2.05) is 32.0 Å². The second-order valence-electron chi connectivity index (χ2n) is 5.11. The zero-order chi connectivity index (χ0) is 16.1. The molecule has 0 radical (unpaired) electrons. The van der Waals surface area contributed by atoms with Crippen molar-refractivity contribution in [3.63, 3.8) is 0 Å². The smallest absolute Gasteiger partial charge is 0.307 e. The summed E-state index contributed by atoms with van der Waals surface area (Å²) in [5.74, 6) is -0.193. The van der Waals surface area contributed by atoms with Crippen LogP contribution in [0.25, 0.3) is 0 Å². The number of hydrogen-bond acceptors (Lipinski definition) is 4. The quantitative estimate of drug-likeness (QED) is 0.686. The van der Waals surface area contributed by atoms with E-state index in [1.165, 1.54) is 24.8 Å². The van der Waals surface area contributed by atoms with E-state index in [-0.39, 0.29) is 5.91 Å². The third-order valence-corrected chi connectivity index (χ3v) is 3.40. The molecule has 1 N–H and O–H groups in total. The lowest BCUT2D eigenvalue weighted by Crippen LogP contribution is -2.14. The van der Waals surface area contributed by atoms with Crippen LogP contribution in [0.2, 0.25) is 0 Å². The number of ether oxygens (including phenoxy) is 2. The first kappa shape index (κ1) is 15.8. The molecule has 0 saturated carbocycles. The van der Waals surface area contributed by atoms with E-state index in [0.29, 0.717) is 24.4 Å². The molecular formula is C17H19NO4. The Morgan fingerprint density at radius 2 is 2.05 bits per heavy atom. The minimum atomic E-state index is -0.420. The first-order chi connectivity index (χ1) is 10.5. The van der Waals surface area contributed by atoms with Crippen LogP contribution < -0.4 is 5.32 Å². The van der Waals surface area contributed by atoms with E-state index in [1.54, 1.807) is 0 Å². The van der Waals surface area contributed by atoms with Gasteiger partial charge in [0.1, 0.15) is 5.76 Å². The van der Waals surface area contributed by atoms with Gasteiger partial charge >= 0.3 is 5.97 Å². The maximum Gasteiger partial charge on any atom is 0.307 e. The predicted octanol–water partition coefficient (Wildman–Crippen LogP) is 2.99. The molecule has 1 amide bonds. The Labute approximate surface area is 129 Å². The molecule has 1 aliphatic heterocycles. The van der Waals surface area contributed by atoms with Crippen molar-refractivity contribution in [1.29, 1.82) is 0 Å². The Bertz CT molecular complexity index is 659. The molecule has 1 aliphatic rings. The minimum absolute atomic E-state index is 0.205. The molecule has 0 atom stereocenters. The zero-order valence-corrected chi connectivity index (χ0v) is 12.9. The third kappa shape index (κ3) is 3.97. The van der Waals surface area contributed by atoms with Gasteiger partial charge in [-0.25, -0.2) is 0 Å². The highest BCUT2D eigenvalue weighted by molar-refractivity contribution is 6.04. The molecule has 0 spiro atoms. The van der Waals surface area contributed by atoms with Gasteiger partial charge in [0.25, 0.3) is 5.91 Å². The number of allylic oxidation sites excluding steroid dienone is 1. The average molecular weight is 301 g/mol. The van der Waals surface area contributed by atoms with Gasteiger partial charge in [-0.15, -0.1) is 0 Å². The van der Waals surface area contributed by atoms with Crippen molar-refractivity contribution < 1.29 is 19.1 Å². The Hall–Kier alpha value is -2.56. The van der Waals surface area contributed by atoms with E-state index >= 15 is 0 Å². The topological polar surface area (TPSA) is 64.6 Å². The standard InChI is InChI=1S/C17H19NO4/c1-11-4-5-14(10-12(11)2)18-17(20)15-6-8-22-16(15)7-9-21-13(3)19/h4-5,7,9-10H,6,8H2,1-3H3,(H,18,20)/b9-7-. The molecule has 1 aromatic carbocycles. The summed E-state index contributed by atoms with van der Waals surface area (Å²) in [6.07, 6.45) is 3.24. The van der Waals surface area contributed by atoms with Crippen LogP contribution in [0.1, 0.15) is 24.5 Å². The summed E-state index contributed by atoms with van der Waals surface area (Å²) in [5.41, 5.74) is 3.58. The maximum absolute atomic E-state index is 12.3. The molecule has 5 heteroatoms. The second-order valence-corrected chi connectivity index (χ2v) is 5.11. The number of rotatable bonds is 4. The maximum atomic E-state index is 12.3. The van der Waals surface area contributed by atoms with Gasteiger partial charge in [-0.05, 0) is 37.1 Å². The van der Waals surface area contributed by atoms with Crippen molar-refractivity contribution >= 4 is 17.6 Å². The molecule has 22 heavy (non-hydrogen) atoms. The fourth-order valence-corrected chi connectivity index (χ4v) is 2.06. The number of nitrogens with one attached hydrogen (secondary N) is 1. The lowest BCUT2D eigenvalue weighted by Gasteiger charge is -2.08. The molecular weight excluding hydrogens is 282 g/mol. The van der Waals surface area contributed by atoms with E-state index in [2.05, 4.69) is 5.32 Å². The predicted molar refractivity (Wildman–Crippen MR) is 83.0 cm³/mol. The molecule has 0 saturated heterocycles. The molecule has 0 aromatic heterocycles. The number of benzene rings is 1. The van der Waals surface area contributed by atoms with Crippen molar-refractivity contribution in [3.8, 4) is 0 Å². The van der Waals surface area contributed by atoms with Crippen molar-refractivity contribution in [1.82, 2.24) is 0 Å². The number of esters is 1. The number of carbonyl (C=O) groups is 2. The summed E-state index contributed by atoms with van der Waals surface area (Å²) in [4.78, 5) is 23.1. The first-order valence-corrected chi connectivity index (χ1v) is 7.05. The molecule has 1 heterocycles. The minimum Gasteiger partial charge on any atom is -0.493 e. The van der Waals surface area contributed by atoms with Gasteiger partial charge in [-0.2, -0.15) is 0 Å². The SMILES string of the molecule is CC(=O)O/C=C\C1=C(C(=O)Nc2ccc(C)c(C)c2)CCO1. The van der Waals surface area contributed by atoms with E-state index in [9.17, 15) is 9.59 Å². The summed E-state index contributed by atoms with van der Waals surface area (Å²) in [5, 5.41) is 2.86. The van der Waals surface area contributed by atoms with Gasteiger partial charge in [0.05, 0.1) is 18.4 Å². The van der Waals surface area contributed by atoms with Gasteiger partial charge in [-0.1, -0.05) is 6.07 Å². The highest BCUT2D eigenvalue weighted by Gasteiger charge is 2.21. The van der Waals surface area contributed by atoms with Crippen molar-refractivity contribution in [2.45, 2.75) is 27.2 Å². The molecule has 116 valence electrons. The molecule has 0 fully saturated rings. The largest absolute Gasteiger partial charge is 0.493 e. The van der Waals surface area contributed by atoms with E-state index in [4.69, 9.17) is 9.47 Å². The van der Waals surface area contributed by atoms with Crippen LogP contribution in [0.15, 0.2) is 41.9 Å². The fourth-order valence-electron chi connectivity index (χ4n) is 2.06. The number of hydrogen-bond donors (Lipinski definition) is 1. The molecule has 0 bridgehead atoms. The van der Waals surface area contributed by atoms with Crippen LogP contribution in [0, 0.1) is 13.8 Å². The van der Waals surface area contributed by atoms with Crippen molar-refractivity contribution in [2.75, 3.05) is 11.9 Å². The Morgan fingerprint density at radius 3 is 2.73 bits per heavy atom. The Kier molecular flexibility index (Phi) is 4.99. The number of anilines is 1. The lowest BCUT2D eigenvalue weighted by molar-refractivity contribution is -0.135. The monoisotopic (exact) mass is 301 g/mol. The second kappa shape index (κ2) is 6.93. The molecule has 2 rings (SSSR count). The van der Waals surface area contributed by atoms with Gasteiger partial charge in [0.15, 0.2) is 0 Å². The van der Waals surface area contributed by atoms with Crippen LogP contribution in [-0.4, -0.2) is 18.5 Å². The van der Waals surface area contributed by atoms with E-state index < -0.39 is 5.97 Å². The molecule has 1 aromatic rings. The van der Waals surface area contributed by atoms with Crippen LogP contribution in [0.3, 0.4) is 0 Å². The normalized spacial score (nSPS) is 14.1. The Balaban J connectivity index is 2.11. The Morgan fingerprint density at radius 1 is 1.27 bits per heavy atom. The van der Waals surface area contributed by atoms with Crippen LogP contribution in [-0.2, 0) is 19.1 Å². The zero-order valence-electron chi connectivity index (χ0n) is 12.9. The molecule has 5 nitrogen and oxygen atoms in total. The van der Waals surface area contributed by atoms with Gasteiger partial charge < -0.3 is 14.8 Å². The fraction of sp³-hybridized carbons (Fsp3) is 0.294. The van der Waals surface area contributed by atoms with Crippen LogP contribution in [0.5, 0.6) is 0 Å². The van der Waals surface area contributed by atoms with Gasteiger partial charge in [-0.3, -0.25) is 9.59 Å². The number of aryl methyl sites for hydroxylation is 2. The van der Waals surface area contributed by atoms with Crippen molar-refractivity contribution in [3.05, 3.63) is 53.0 Å². The molecule has 0 aliphatic carbocycles. The summed E-state index contributed by atoms with van der Waals surface area (Å²) in [6, 6.07) is 5.76. The third-order valence-electron chi connectivity index (χ3n) is 3.40. The van der Waals surface area contributed by atoms with Gasteiger partial charge in [0.2, 0.25) is 0 Å².